The Morgan fingerprint density at radius 2 is 1.97 bits per heavy atom. The number of H-pyrrole nitrogens is 1. The maximum atomic E-state index is 12.8. The molecule has 5 heteroatoms. The Balaban J connectivity index is 1.12. The number of carbonyl (C=O) groups excluding carboxylic acids is 1. The lowest BCUT2D eigenvalue weighted by Crippen LogP contribution is -2.41. The number of likely N-dealkylation sites (tertiary alicyclic amines) is 1. The third kappa shape index (κ3) is 4.68. The van der Waals surface area contributed by atoms with E-state index in [0.29, 0.717) is 12.0 Å². The van der Waals surface area contributed by atoms with E-state index < -0.39 is 0 Å². The van der Waals surface area contributed by atoms with Crippen molar-refractivity contribution < 1.29 is 4.79 Å². The van der Waals surface area contributed by atoms with Gasteiger partial charge in [0.25, 0.3) is 0 Å². The van der Waals surface area contributed by atoms with Crippen LogP contribution in [0.25, 0.3) is 10.9 Å². The predicted octanol–water partition coefficient (Wildman–Crippen LogP) is 3.47. The molecule has 0 spiro atoms. The average molecular weight is 417 g/mol. The molecule has 4 atom stereocenters. The van der Waals surface area contributed by atoms with Gasteiger partial charge >= 0.3 is 0 Å². The number of carbonyl (C=O) groups is 1. The van der Waals surface area contributed by atoms with Crippen molar-refractivity contribution in [3.8, 4) is 0 Å². The quantitative estimate of drug-likeness (QED) is 0.517. The van der Waals surface area contributed by atoms with Crippen LogP contribution in [0.15, 0.2) is 60.8 Å². The van der Waals surface area contributed by atoms with Gasteiger partial charge in [0.15, 0.2) is 0 Å². The fourth-order valence-corrected chi connectivity index (χ4v) is 5.18. The van der Waals surface area contributed by atoms with Crippen LogP contribution in [0.3, 0.4) is 0 Å². The SMILES string of the molecule is C[C@@H](Cc1c[nH]c2ccccc12)NC(=O)C1NC1[C@@H]1CCCN(Cc2ccccc2)C1. The highest BCUT2D eigenvalue weighted by Crippen LogP contribution is 2.29. The number of aromatic nitrogens is 1. The van der Waals surface area contributed by atoms with Crippen LogP contribution >= 0.6 is 0 Å². The van der Waals surface area contributed by atoms with Gasteiger partial charge in [0.05, 0.1) is 0 Å². The second-order valence-corrected chi connectivity index (χ2v) is 9.27. The zero-order chi connectivity index (χ0) is 21.2. The average Bonchev–Trinajstić information content (AvgIpc) is 3.50. The summed E-state index contributed by atoms with van der Waals surface area (Å²) in [6, 6.07) is 19.4. The lowest BCUT2D eigenvalue weighted by Gasteiger charge is -2.32. The van der Waals surface area contributed by atoms with Gasteiger partial charge in [-0.1, -0.05) is 48.5 Å². The van der Waals surface area contributed by atoms with E-state index >= 15 is 0 Å². The highest BCUT2D eigenvalue weighted by Gasteiger charge is 2.48. The minimum absolute atomic E-state index is 0.0351. The van der Waals surface area contributed by atoms with Crippen molar-refractivity contribution in [1.82, 2.24) is 20.5 Å². The summed E-state index contributed by atoms with van der Waals surface area (Å²) in [4.78, 5) is 18.7. The molecule has 0 bridgehead atoms. The van der Waals surface area contributed by atoms with Gasteiger partial charge in [0.2, 0.25) is 5.91 Å². The Bertz CT molecular complexity index is 1030. The smallest absolute Gasteiger partial charge is 0.238 e. The fraction of sp³-hybridized carbons (Fsp3) is 0.423. The van der Waals surface area contributed by atoms with Crippen LogP contribution < -0.4 is 10.6 Å². The largest absolute Gasteiger partial charge is 0.361 e. The van der Waals surface area contributed by atoms with Crippen molar-refractivity contribution >= 4 is 16.8 Å². The van der Waals surface area contributed by atoms with Gasteiger partial charge < -0.3 is 10.3 Å². The molecule has 0 aliphatic carbocycles. The molecule has 3 aromatic rings. The van der Waals surface area contributed by atoms with E-state index in [9.17, 15) is 4.79 Å². The van der Waals surface area contributed by atoms with Gasteiger partial charge in [-0.3, -0.25) is 15.0 Å². The first-order valence-corrected chi connectivity index (χ1v) is 11.5. The number of amides is 1. The summed E-state index contributed by atoms with van der Waals surface area (Å²) in [5.41, 5.74) is 3.78. The van der Waals surface area contributed by atoms with Crippen molar-refractivity contribution in [3.05, 3.63) is 71.9 Å². The molecule has 2 unspecified atom stereocenters. The molecule has 0 saturated carbocycles. The first kappa shape index (κ1) is 20.3. The van der Waals surface area contributed by atoms with Crippen LogP contribution in [-0.4, -0.2) is 47.0 Å². The molecule has 2 aliphatic heterocycles. The van der Waals surface area contributed by atoms with Crippen LogP contribution in [0.4, 0.5) is 0 Å². The Morgan fingerprint density at radius 3 is 2.84 bits per heavy atom. The second kappa shape index (κ2) is 8.85. The molecule has 2 aromatic carbocycles. The third-order valence-electron chi connectivity index (χ3n) is 6.79. The Morgan fingerprint density at radius 1 is 1.16 bits per heavy atom. The minimum atomic E-state index is -0.0351. The van der Waals surface area contributed by atoms with Gasteiger partial charge in [-0.2, -0.15) is 0 Å². The predicted molar refractivity (Wildman–Crippen MR) is 125 cm³/mol. The Hall–Kier alpha value is -2.63. The molecule has 0 radical (unpaired) electrons. The van der Waals surface area contributed by atoms with Gasteiger partial charge in [-0.05, 0) is 55.8 Å². The molecule has 5 rings (SSSR count). The lowest BCUT2D eigenvalue weighted by molar-refractivity contribution is -0.121. The van der Waals surface area contributed by atoms with Gasteiger partial charge in [0.1, 0.15) is 6.04 Å². The van der Waals surface area contributed by atoms with Gasteiger partial charge in [-0.15, -0.1) is 0 Å². The maximum absolute atomic E-state index is 12.8. The van der Waals surface area contributed by atoms with Crippen molar-refractivity contribution in [2.45, 2.75) is 50.9 Å². The van der Waals surface area contributed by atoms with Crippen molar-refractivity contribution in [2.75, 3.05) is 13.1 Å². The number of hydrogen-bond acceptors (Lipinski definition) is 3. The van der Waals surface area contributed by atoms with E-state index in [-0.39, 0.29) is 18.0 Å². The van der Waals surface area contributed by atoms with Crippen LogP contribution in [0.1, 0.15) is 30.9 Å². The van der Waals surface area contributed by atoms with E-state index in [2.05, 4.69) is 82.2 Å². The molecule has 1 amide bonds. The first-order valence-electron chi connectivity index (χ1n) is 11.5. The molecule has 5 nitrogen and oxygen atoms in total. The highest BCUT2D eigenvalue weighted by molar-refractivity contribution is 5.86. The van der Waals surface area contributed by atoms with E-state index in [1.807, 2.05) is 6.07 Å². The third-order valence-corrected chi connectivity index (χ3v) is 6.79. The van der Waals surface area contributed by atoms with Gasteiger partial charge in [0, 0.05) is 42.3 Å². The summed E-state index contributed by atoms with van der Waals surface area (Å²) in [6.45, 7) is 5.32. The number of para-hydroxylation sites is 1. The zero-order valence-electron chi connectivity index (χ0n) is 18.2. The number of fused-ring (bicyclic) bond motifs is 1. The van der Waals surface area contributed by atoms with Crippen LogP contribution in [0.5, 0.6) is 0 Å². The molecule has 31 heavy (non-hydrogen) atoms. The van der Waals surface area contributed by atoms with E-state index in [1.165, 1.54) is 29.4 Å². The Kier molecular flexibility index (Phi) is 5.79. The molecule has 3 N–H and O–H groups in total. The summed E-state index contributed by atoms with van der Waals surface area (Å²) >= 11 is 0. The highest BCUT2D eigenvalue weighted by atomic mass is 16.2. The minimum Gasteiger partial charge on any atom is -0.361 e. The van der Waals surface area contributed by atoms with E-state index in [1.54, 1.807) is 0 Å². The number of piperidine rings is 1. The normalized spacial score (nSPS) is 24.7. The van der Waals surface area contributed by atoms with Crippen LogP contribution in [-0.2, 0) is 17.8 Å². The summed E-state index contributed by atoms with van der Waals surface area (Å²) in [5.74, 6) is 0.703. The molecule has 1 aromatic heterocycles. The molecule has 3 heterocycles. The molecular weight excluding hydrogens is 384 g/mol. The lowest BCUT2D eigenvalue weighted by atomic mass is 9.92. The zero-order valence-corrected chi connectivity index (χ0v) is 18.2. The summed E-state index contributed by atoms with van der Waals surface area (Å²) in [6.07, 6.45) is 5.31. The molecule has 2 saturated heterocycles. The summed E-state index contributed by atoms with van der Waals surface area (Å²) in [5, 5.41) is 7.95. The monoisotopic (exact) mass is 416 g/mol. The first-order chi connectivity index (χ1) is 15.2. The number of benzene rings is 2. The van der Waals surface area contributed by atoms with Gasteiger partial charge in [-0.25, -0.2) is 0 Å². The number of nitrogens with zero attached hydrogens (tertiary/aromatic N) is 1. The molecular formula is C26H32N4O. The number of hydrogen-bond donors (Lipinski definition) is 3. The number of nitrogens with one attached hydrogen (secondary N) is 3. The van der Waals surface area contributed by atoms with E-state index in [4.69, 9.17) is 0 Å². The van der Waals surface area contributed by atoms with Crippen LogP contribution in [0.2, 0.25) is 0 Å². The second-order valence-electron chi connectivity index (χ2n) is 9.27. The topological polar surface area (TPSA) is 70.1 Å². The van der Waals surface area contributed by atoms with Crippen molar-refractivity contribution in [1.29, 1.82) is 0 Å². The Labute approximate surface area is 184 Å². The number of rotatable bonds is 7. The molecule has 2 aliphatic rings. The number of aromatic amines is 1. The molecule has 162 valence electrons. The fourth-order valence-electron chi connectivity index (χ4n) is 5.18. The van der Waals surface area contributed by atoms with Crippen molar-refractivity contribution in [3.63, 3.8) is 0 Å². The maximum Gasteiger partial charge on any atom is 0.238 e. The standard InChI is InChI=1S/C26H32N4O/c1-18(14-21-15-27-23-12-6-5-11-22(21)23)28-26(31)25-24(29-25)20-10-7-13-30(17-20)16-19-8-3-2-4-9-19/h2-6,8-9,11-12,15,18,20,24-25,27,29H,7,10,13-14,16-17H2,1H3,(H,28,31)/t18-,20+,24?,25?/m0/s1. The van der Waals surface area contributed by atoms with E-state index in [0.717, 1.165) is 31.6 Å². The molecule has 2 fully saturated rings. The van der Waals surface area contributed by atoms with Crippen molar-refractivity contribution in [2.24, 2.45) is 5.92 Å². The van der Waals surface area contributed by atoms with Crippen LogP contribution in [0, 0.1) is 5.92 Å². The summed E-state index contributed by atoms with van der Waals surface area (Å²) < 4.78 is 0. The summed E-state index contributed by atoms with van der Waals surface area (Å²) in [7, 11) is 0.